The molecule has 0 aliphatic carbocycles. The minimum atomic E-state index is -0.0853. The summed E-state index contributed by atoms with van der Waals surface area (Å²) in [5, 5.41) is 3.93. The standard InChI is InChI=1S/C18H17N5O2/c1-12-9-16(25-22-12)15-3-2-8-23(15)18(24)14-10-20-17(21-11-14)13-4-6-19-7-5-13/h4-7,9-11,15H,2-3,8H2,1H3. The summed E-state index contributed by atoms with van der Waals surface area (Å²) in [6.07, 6.45) is 8.33. The molecule has 7 heteroatoms. The molecule has 0 spiro atoms. The van der Waals surface area contributed by atoms with E-state index in [1.54, 1.807) is 24.8 Å². The number of likely N-dealkylation sites (tertiary alicyclic amines) is 1. The Bertz CT molecular complexity index is 876. The molecular formula is C18H17N5O2. The van der Waals surface area contributed by atoms with Crippen molar-refractivity contribution in [3.63, 3.8) is 0 Å². The molecule has 0 saturated carbocycles. The molecule has 1 atom stereocenters. The van der Waals surface area contributed by atoms with Crippen molar-refractivity contribution in [3.8, 4) is 11.4 Å². The van der Waals surface area contributed by atoms with Crippen LogP contribution in [0.25, 0.3) is 11.4 Å². The highest BCUT2D eigenvalue weighted by atomic mass is 16.5. The third kappa shape index (κ3) is 3.00. The normalized spacial score (nSPS) is 17.0. The van der Waals surface area contributed by atoms with Gasteiger partial charge in [-0.25, -0.2) is 9.97 Å². The van der Waals surface area contributed by atoms with Crippen molar-refractivity contribution in [3.05, 3.63) is 60.0 Å². The van der Waals surface area contributed by atoms with Crippen LogP contribution in [0.15, 0.2) is 47.5 Å². The average Bonchev–Trinajstić information content (AvgIpc) is 3.31. The largest absolute Gasteiger partial charge is 0.359 e. The highest BCUT2D eigenvalue weighted by Crippen LogP contribution is 2.33. The quantitative estimate of drug-likeness (QED) is 0.732. The molecule has 4 heterocycles. The number of amides is 1. The topological polar surface area (TPSA) is 85.0 Å². The molecule has 25 heavy (non-hydrogen) atoms. The summed E-state index contributed by atoms with van der Waals surface area (Å²) in [6, 6.07) is 5.48. The van der Waals surface area contributed by atoms with Crippen LogP contribution in [0.5, 0.6) is 0 Å². The van der Waals surface area contributed by atoms with Crippen LogP contribution in [-0.2, 0) is 0 Å². The van der Waals surface area contributed by atoms with E-state index < -0.39 is 0 Å². The van der Waals surface area contributed by atoms with E-state index in [0.29, 0.717) is 17.9 Å². The van der Waals surface area contributed by atoms with Gasteiger partial charge in [0.2, 0.25) is 0 Å². The molecule has 0 N–H and O–H groups in total. The van der Waals surface area contributed by atoms with Crippen molar-refractivity contribution in [1.82, 2.24) is 25.0 Å². The van der Waals surface area contributed by atoms with Gasteiger partial charge in [-0.1, -0.05) is 5.16 Å². The van der Waals surface area contributed by atoms with Crippen LogP contribution in [0, 0.1) is 6.92 Å². The van der Waals surface area contributed by atoms with Crippen LogP contribution in [0.4, 0.5) is 0 Å². The van der Waals surface area contributed by atoms with Crippen LogP contribution < -0.4 is 0 Å². The third-order valence-corrected chi connectivity index (χ3v) is 4.33. The molecule has 1 aliphatic heterocycles. The minimum absolute atomic E-state index is 0.0754. The number of carbonyl (C=O) groups is 1. The molecule has 1 saturated heterocycles. The molecule has 3 aromatic heterocycles. The summed E-state index contributed by atoms with van der Waals surface area (Å²) in [5.74, 6) is 1.22. The molecule has 0 radical (unpaired) electrons. The van der Waals surface area contributed by atoms with E-state index >= 15 is 0 Å². The molecule has 1 aliphatic rings. The lowest BCUT2D eigenvalue weighted by Gasteiger charge is -2.22. The zero-order chi connectivity index (χ0) is 17.2. The predicted octanol–water partition coefficient (Wildman–Crippen LogP) is 2.81. The number of hydrogen-bond acceptors (Lipinski definition) is 6. The zero-order valence-corrected chi connectivity index (χ0v) is 13.8. The summed E-state index contributed by atoms with van der Waals surface area (Å²) >= 11 is 0. The summed E-state index contributed by atoms with van der Waals surface area (Å²) in [4.78, 5) is 27.3. The van der Waals surface area contributed by atoms with Crippen LogP contribution in [0.2, 0.25) is 0 Å². The third-order valence-electron chi connectivity index (χ3n) is 4.33. The Morgan fingerprint density at radius 3 is 2.68 bits per heavy atom. The number of pyridine rings is 1. The van der Waals surface area contributed by atoms with Crippen molar-refractivity contribution < 1.29 is 9.32 Å². The van der Waals surface area contributed by atoms with Gasteiger partial charge in [0, 0.05) is 43.0 Å². The number of rotatable bonds is 3. The van der Waals surface area contributed by atoms with Gasteiger partial charge in [0.25, 0.3) is 5.91 Å². The molecule has 4 rings (SSSR count). The second-order valence-corrected chi connectivity index (χ2v) is 6.06. The summed E-state index contributed by atoms with van der Waals surface area (Å²) in [6.45, 7) is 2.56. The SMILES string of the molecule is Cc1cc(C2CCCN2C(=O)c2cnc(-c3ccncc3)nc2)on1. The van der Waals surface area contributed by atoms with Crippen molar-refractivity contribution in [2.24, 2.45) is 0 Å². The lowest BCUT2D eigenvalue weighted by Crippen LogP contribution is -2.30. The highest BCUT2D eigenvalue weighted by Gasteiger charge is 2.33. The first-order valence-electron chi connectivity index (χ1n) is 8.19. The molecule has 0 bridgehead atoms. The molecular weight excluding hydrogens is 318 g/mol. The fraction of sp³-hybridized carbons (Fsp3) is 0.278. The lowest BCUT2D eigenvalue weighted by molar-refractivity contribution is 0.0713. The maximum absolute atomic E-state index is 12.9. The van der Waals surface area contributed by atoms with Crippen molar-refractivity contribution in [2.45, 2.75) is 25.8 Å². The monoisotopic (exact) mass is 335 g/mol. The van der Waals surface area contributed by atoms with E-state index in [1.165, 1.54) is 0 Å². The summed E-state index contributed by atoms with van der Waals surface area (Å²) in [5.41, 5.74) is 2.16. The fourth-order valence-corrected chi connectivity index (χ4v) is 3.10. The molecule has 3 aromatic rings. The average molecular weight is 335 g/mol. The zero-order valence-electron chi connectivity index (χ0n) is 13.8. The van der Waals surface area contributed by atoms with Crippen LogP contribution >= 0.6 is 0 Å². The first kappa shape index (κ1) is 15.4. The fourth-order valence-electron chi connectivity index (χ4n) is 3.10. The Balaban J connectivity index is 1.56. The van der Waals surface area contributed by atoms with Crippen LogP contribution in [0.1, 0.15) is 40.7 Å². The number of aryl methyl sites for hydroxylation is 1. The van der Waals surface area contributed by atoms with Crippen LogP contribution in [-0.4, -0.2) is 37.5 Å². The number of aromatic nitrogens is 4. The first-order chi connectivity index (χ1) is 12.2. The second kappa shape index (κ2) is 6.43. The maximum atomic E-state index is 12.9. The molecule has 126 valence electrons. The van der Waals surface area contributed by atoms with E-state index in [1.807, 2.05) is 30.0 Å². The Morgan fingerprint density at radius 2 is 2.00 bits per heavy atom. The van der Waals surface area contributed by atoms with E-state index in [9.17, 15) is 4.79 Å². The molecule has 1 unspecified atom stereocenters. The number of carbonyl (C=O) groups excluding carboxylic acids is 1. The number of nitrogens with zero attached hydrogens (tertiary/aromatic N) is 5. The van der Waals surface area contributed by atoms with E-state index in [0.717, 1.165) is 29.9 Å². The van der Waals surface area contributed by atoms with Crippen molar-refractivity contribution >= 4 is 5.91 Å². The predicted molar refractivity (Wildman–Crippen MR) is 89.5 cm³/mol. The van der Waals surface area contributed by atoms with Gasteiger partial charge in [-0.2, -0.15) is 0 Å². The van der Waals surface area contributed by atoms with Gasteiger partial charge in [0.05, 0.1) is 17.3 Å². The molecule has 1 fully saturated rings. The number of hydrogen-bond donors (Lipinski definition) is 0. The van der Waals surface area contributed by atoms with Gasteiger partial charge in [-0.15, -0.1) is 0 Å². The smallest absolute Gasteiger partial charge is 0.257 e. The van der Waals surface area contributed by atoms with E-state index in [4.69, 9.17) is 4.52 Å². The Labute approximate surface area is 144 Å². The van der Waals surface area contributed by atoms with Gasteiger partial charge in [0.1, 0.15) is 0 Å². The lowest BCUT2D eigenvalue weighted by atomic mass is 10.1. The first-order valence-corrected chi connectivity index (χ1v) is 8.19. The van der Waals surface area contributed by atoms with Crippen LogP contribution in [0.3, 0.4) is 0 Å². The highest BCUT2D eigenvalue weighted by molar-refractivity contribution is 5.94. The Kier molecular flexibility index (Phi) is 3.97. The molecule has 0 aromatic carbocycles. The van der Waals surface area contributed by atoms with Gasteiger partial charge < -0.3 is 9.42 Å². The van der Waals surface area contributed by atoms with E-state index in [-0.39, 0.29) is 11.9 Å². The van der Waals surface area contributed by atoms with Gasteiger partial charge in [-0.05, 0) is 31.9 Å². The Morgan fingerprint density at radius 1 is 1.24 bits per heavy atom. The maximum Gasteiger partial charge on any atom is 0.257 e. The van der Waals surface area contributed by atoms with Crippen molar-refractivity contribution in [1.29, 1.82) is 0 Å². The molecule has 1 amide bonds. The van der Waals surface area contributed by atoms with Crippen molar-refractivity contribution in [2.75, 3.05) is 6.54 Å². The van der Waals surface area contributed by atoms with E-state index in [2.05, 4.69) is 20.1 Å². The van der Waals surface area contributed by atoms with Gasteiger partial charge in [-0.3, -0.25) is 9.78 Å². The Hall–Kier alpha value is -3.09. The minimum Gasteiger partial charge on any atom is -0.359 e. The summed E-state index contributed by atoms with van der Waals surface area (Å²) in [7, 11) is 0. The molecule has 7 nitrogen and oxygen atoms in total. The van der Waals surface area contributed by atoms with Gasteiger partial charge >= 0.3 is 0 Å². The summed E-state index contributed by atoms with van der Waals surface area (Å²) < 4.78 is 5.36. The second-order valence-electron chi connectivity index (χ2n) is 6.06. The van der Waals surface area contributed by atoms with Gasteiger partial charge in [0.15, 0.2) is 11.6 Å².